The maximum Gasteiger partial charge on any atom is 0.310 e. The molecule has 1 aromatic carbocycles. The average Bonchev–Trinajstić information content (AvgIpc) is 3.01. The van der Waals surface area contributed by atoms with Crippen LogP contribution in [-0.4, -0.2) is 36.2 Å². The fraction of sp³-hybridized carbons (Fsp3) is 0.333. The molecular formula is C15H16FN3O3. The fourth-order valence-corrected chi connectivity index (χ4v) is 2.44. The van der Waals surface area contributed by atoms with Gasteiger partial charge in [-0.05, 0) is 6.07 Å². The van der Waals surface area contributed by atoms with Gasteiger partial charge in [0.15, 0.2) is 0 Å². The number of esters is 1. The van der Waals surface area contributed by atoms with Crippen LogP contribution in [0.2, 0.25) is 0 Å². The molecule has 3 rings (SSSR count). The highest BCUT2D eigenvalue weighted by molar-refractivity contribution is 5.74. The Morgan fingerprint density at radius 1 is 1.55 bits per heavy atom. The lowest BCUT2D eigenvalue weighted by molar-refractivity contribution is -0.139. The van der Waals surface area contributed by atoms with E-state index in [2.05, 4.69) is 19.6 Å². The Morgan fingerprint density at radius 3 is 3.14 bits per heavy atom. The first-order valence-electron chi connectivity index (χ1n) is 6.91. The standard InChI is InChI=1S/C15H16FN3O3/c1-21-15(20)5-10-4-13-14(6-12(10)16)22-3-2-19(13)8-11-7-17-9-18-11/h4,6-7,9H,2-3,5,8H2,1H3,(H,17,18). The Kier molecular flexibility index (Phi) is 3.95. The minimum Gasteiger partial charge on any atom is -0.489 e. The summed E-state index contributed by atoms with van der Waals surface area (Å²) in [7, 11) is 1.28. The van der Waals surface area contributed by atoms with E-state index in [1.54, 1.807) is 18.6 Å². The molecule has 1 aliphatic rings. The summed E-state index contributed by atoms with van der Waals surface area (Å²) >= 11 is 0. The van der Waals surface area contributed by atoms with Crippen LogP contribution in [-0.2, 0) is 22.5 Å². The second kappa shape index (κ2) is 6.05. The van der Waals surface area contributed by atoms with Gasteiger partial charge in [-0.15, -0.1) is 0 Å². The number of hydrogen-bond acceptors (Lipinski definition) is 5. The molecule has 0 bridgehead atoms. The second-order valence-corrected chi connectivity index (χ2v) is 5.01. The van der Waals surface area contributed by atoms with Crippen LogP contribution in [0.5, 0.6) is 5.75 Å². The molecule has 2 aromatic rings. The van der Waals surface area contributed by atoms with Gasteiger partial charge in [0.2, 0.25) is 0 Å². The average molecular weight is 305 g/mol. The van der Waals surface area contributed by atoms with E-state index in [1.807, 2.05) is 0 Å². The summed E-state index contributed by atoms with van der Waals surface area (Å²) in [6.45, 7) is 1.77. The summed E-state index contributed by atoms with van der Waals surface area (Å²) in [4.78, 5) is 20.5. The Hall–Kier alpha value is -2.57. The normalized spacial score (nSPS) is 13.5. The number of aromatic amines is 1. The summed E-state index contributed by atoms with van der Waals surface area (Å²) in [5, 5.41) is 0. The van der Waals surface area contributed by atoms with Gasteiger partial charge in [-0.3, -0.25) is 4.79 Å². The molecule has 0 fully saturated rings. The van der Waals surface area contributed by atoms with Gasteiger partial charge in [0.05, 0.1) is 44.3 Å². The first-order chi connectivity index (χ1) is 10.7. The van der Waals surface area contributed by atoms with E-state index in [0.717, 1.165) is 11.4 Å². The molecule has 0 aliphatic carbocycles. The summed E-state index contributed by atoms with van der Waals surface area (Å²) in [5.74, 6) is -0.458. The van der Waals surface area contributed by atoms with Crippen LogP contribution < -0.4 is 9.64 Å². The number of hydrogen-bond donors (Lipinski definition) is 1. The molecular weight excluding hydrogens is 289 g/mol. The zero-order chi connectivity index (χ0) is 15.5. The van der Waals surface area contributed by atoms with E-state index in [9.17, 15) is 9.18 Å². The number of aromatic nitrogens is 2. The number of carbonyl (C=O) groups is 1. The quantitative estimate of drug-likeness (QED) is 0.870. The summed E-state index contributed by atoms with van der Waals surface area (Å²) in [6.07, 6.45) is 3.26. The van der Waals surface area contributed by atoms with Crippen LogP contribution in [0.25, 0.3) is 0 Å². The highest BCUT2D eigenvalue weighted by Crippen LogP contribution is 2.35. The zero-order valence-corrected chi connectivity index (χ0v) is 12.1. The number of nitrogens with zero attached hydrogens (tertiary/aromatic N) is 2. The van der Waals surface area contributed by atoms with Crippen molar-refractivity contribution in [1.29, 1.82) is 0 Å². The minimum atomic E-state index is -0.476. The molecule has 1 N–H and O–H groups in total. The summed E-state index contributed by atoms with van der Waals surface area (Å²) in [6, 6.07) is 2.98. The molecule has 2 heterocycles. The third kappa shape index (κ3) is 2.88. The van der Waals surface area contributed by atoms with Crippen molar-refractivity contribution >= 4 is 11.7 Å². The Balaban J connectivity index is 1.90. The molecule has 0 saturated carbocycles. The predicted molar refractivity (Wildman–Crippen MR) is 77.3 cm³/mol. The van der Waals surface area contributed by atoms with Gasteiger partial charge in [0.1, 0.15) is 18.2 Å². The summed E-state index contributed by atoms with van der Waals surface area (Å²) in [5.41, 5.74) is 2.01. The topological polar surface area (TPSA) is 67.5 Å². The van der Waals surface area contributed by atoms with Gasteiger partial charge in [-0.25, -0.2) is 9.37 Å². The van der Waals surface area contributed by atoms with Crippen molar-refractivity contribution in [2.45, 2.75) is 13.0 Å². The van der Waals surface area contributed by atoms with Crippen LogP contribution in [0.4, 0.5) is 10.1 Å². The minimum absolute atomic E-state index is 0.104. The van der Waals surface area contributed by atoms with Crippen LogP contribution in [0.1, 0.15) is 11.3 Å². The van der Waals surface area contributed by atoms with Gasteiger partial charge in [-0.1, -0.05) is 0 Å². The highest BCUT2D eigenvalue weighted by atomic mass is 19.1. The monoisotopic (exact) mass is 305 g/mol. The lowest BCUT2D eigenvalue weighted by Gasteiger charge is -2.31. The van der Waals surface area contributed by atoms with E-state index >= 15 is 0 Å². The molecule has 0 unspecified atom stereocenters. The van der Waals surface area contributed by atoms with Crippen LogP contribution in [0.15, 0.2) is 24.7 Å². The molecule has 0 spiro atoms. The molecule has 6 nitrogen and oxygen atoms in total. The number of methoxy groups -OCH3 is 1. The third-order valence-corrected chi connectivity index (χ3v) is 3.57. The Bertz CT molecular complexity index is 673. The molecule has 22 heavy (non-hydrogen) atoms. The van der Waals surface area contributed by atoms with E-state index in [4.69, 9.17) is 4.74 Å². The molecule has 116 valence electrons. The molecule has 0 amide bonds. The van der Waals surface area contributed by atoms with Crippen LogP contribution >= 0.6 is 0 Å². The summed E-state index contributed by atoms with van der Waals surface area (Å²) < 4.78 is 24.2. The largest absolute Gasteiger partial charge is 0.489 e. The van der Waals surface area contributed by atoms with Crippen molar-refractivity contribution < 1.29 is 18.7 Å². The SMILES string of the molecule is COC(=O)Cc1cc2c(cc1F)OCCN2Cc1cnc[nH]1. The number of rotatable bonds is 4. The van der Waals surface area contributed by atoms with Gasteiger partial charge in [0, 0.05) is 17.8 Å². The first-order valence-corrected chi connectivity index (χ1v) is 6.91. The van der Waals surface area contributed by atoms with Crippen molar-refractivity contribution in [1.82, 2.24) is 9.97 Å². The molecule has 0 radical (unpaired) electrons. The maximum atomic E-state index is 14.1. The number of halogens is 1. The predicted octanol–water partition coefficient (Wildman–Crippen LogP) is 1.66. The molecule has 1 aromatic heterocycles. The lowest BCUT2D eigenvalue weighted by Crippen LogP contribution is -2.32. The van der Waals surface area contributed by atoms with E-state index in [-0.39, 0.29) is 6.42 Å². The molecule has 1 aliphatic heterocycles. The second-order valence-electron chi connectivity index (χ2n) is 5.01. The number of nitrogens with one attached hydrogen (secondary N) is 1. The number of ether oxygens (including phenoxy) is 2. The van der Waals surface area contributed by atoms with Gasteiger partial charge in [0.25, 0.3) is 0 Å². The van der Waals surface area contributed by atoms with Crippen LogP contribution in [0.3, 0.4) is 0 Å². The molecule has 0 saturated heterocycles. The molecule has 0 atom stereocenters. The maximum absolute atomic E-state index is 14.1. The zero-order valence-electron chi connectivity index (χ0n) is 12.1. The van der Waals surface area contributed by atoms with Crippen molar-refractivity contribution in [3.05, 3.63) is 41.7 Å². The lowest BCUT2D eigenvalue weighted by atomic mass is 10.1. The Morgan fingerprint density at radius 2 is 2.41 bits per heavy atom. The Labute approximate surface area is 126 Å². The van der Waals surface area contributed by atoms with Crippen molar-refractivity contribution in [3.8, 4) is 5.75 Å². The third-order valence-electron chi connectivity index (χ3n) is 3.57. The van der Waals surface area contributed by atoms with E-state index in [0.29, 0.717) is 31.0 Å². The number of anilines is 1. The van der Waals surface area contributed by atoms with Gasteiger partial charge >= 0.3 is 5.97 Å². The van der Waals surface area contributed by atoms with E-state index < -0.39 is 11.8 Å². The highest BCUT2D eigenvalue weighted by Gasteiger charge is 2.22. The van der Waals surface area contributed by atoms with Gasteiger partial charge < -0.3 is 19.4 Å². The number of fused-ring (bicyclic) bond motifs is 1. The van der Waals surface area contributed by atoms with Crippen molar-refractivity contribution in [2.24, 2.45) is 0 Å². The number of H-pyrrole nitrogens is 1. The van der Waals surface area contributed by atoms with Crippen molar-refractivity contribution in [3.63, 3.8) is 0 Å². The number of carbonyl (C=O) groups excluding carboxylic acids is 1. The first kappa shape index (κ1) is 14.4. The molecule has 7 heteroatoms. The van der Waals surface area contributed by atoms with E-state index in [1.165, 1.54) is 13.2 Å². The van der Waals surface area contributed by atoms with Crippen molar-refractivity contribution in [2.75, 3.05) is 25.2 Å². The smallest absolute Gasteiger partial charge is 0.310 e. The van der Waals surface area contributed by atoms with Crippen LogP contribution in [0, 0.1) is 5.82 Å². The fourth-order valence-electron chi connectivity index (χ4n) is 2.44. The number of imidazole rings is 1. The van der Waals surface area contributed by atoms with Gasteiger partial charge in [-0.2, -0.15) is 0 Å². The number of benzene rings is 1.